The van der Waals surface area contributed by atoms with Crippen molar-refractivity contribution in [3.8, 4) is 11.3 Å². The molecule has 1 saturated carbocycles. The van der Waals surface area contributed by atoms with E-state index in [1.165, 1.54) is 24.5 Å². The number of hydrogen-bond acceptors (Lipinski definition) is 4. The second-order valence-electron chi connectivity index (χ2n) is 6.31. The molecule has 0 spiro atoms. The molecule has 0 bridgehead atoms. The molecule has 4 nitrogen and oxygen atoms in total. The summed E-state index contributed by atoms with van der Waals surface area (Å²) in [5.41, 5.74) is 3.34. The fourth-order valence-electron chi connectivity index (χ4n) is 3.31. The number of rotatable bonds is 2. The molecule has 1 aliphatic rings. The number of hydrogen-bond donors (Lipinski definition) is 1. The predicted octanol–water partition coefficient (Wildman–Crippen LogP) is 4.74. The maximum absolute atomic E-state index is 13.8. The number of Topliss-reactive ketones (excluding diaryl/α,β-unsaturated/α-hetero) is 1. The van der Waals surface area contributed by atoms with Crippen molar-refractivity contribution in [3.05, 3.63) is 58.3 Å². The molecular weight excluding hydrogens is 341 g/mol. The van der Waals surface area contributed by atoms with Crippen LogP contribution in [0.15, 0.2) is 41.7 Å². The standard InChI is InChI=1S/C19H17ClFN3O/c1-10(2)17-15(22)7-11(8-16(17)25)13-4-3-12(21)9-14(13)18-19(20)24-6-5-23-18/h3-6,9,11,22H,7-8H2,1-2H3. The van der Waals surface area contributed by atoms with Gasteiger partial charge in [0.05, 0.1) is 0 Å². The highest BCUT2D eigenvalue weighted by atomic mass is 35.5. The summed E-state index contributed by atoms with van der Waals surface area (Å²) in [7, 11) is 0. The number of aromatic nitrogens is 2. The quantitative estimate of drug-likeness (QED) is 0.789. The molecule has 0 amide bonds. The van der Waals surface area contributed by atoms with Crippen molar-refractivity contribution in [3.63, 3.8) is 0 Å². The largest absolute Gasteiger partial charge is 0.305 e. The minimum Gasteiger partial charge on any atom is -0.305 e. The highest BCUT2D eigenvalue weighted by Crippen LogP contribution is 2.39. The lowest BCUT2D eigenvalue weighted by atomic mass is 9.77. The van der Waals surface area contributed by atoms with Crippen LogP contribution in [0.1, 0.15) is 38.2 Å². The third kappa shape index (κ3) is 3.37. The monoisotopic (exact) mass is 357 g/mol. The van der Waals surface area contributed by atoms with E-state index in [1.807, 2.05) is 13.8 Å². The lowest BCUT2D eigenvalue weighted by Gasteiger charge is -2.26. The van der Waals surface area contributed by atoms with Crippen molar-refractivity contribution in [2.24, 2.45) is 0 Å². The molecule has 1 atom stereocenters. The first-order valence-electron chi connectivity index (χ1n) is 7.93. The number of benzene rings is 1. The van der Waals surface area contributed by atoms with Gasteiger partial charge in [0.25, 0.3) is 0 Å². The second kappa shape index (κ2) is 6.84. The van der Waals surface area contributed by atoms with Gasteiger partial charge in [0, 0.05) is 35.7 Å². The molecular formula is C19H17ClFN3O. The molecule has 0 aliphatic heterocycles. The van der Waals surface area contributed by atoms with Crippen molar-refractivity contribution in [1.29, 1.82) is 5.41 Å². The SMILES string of the molecule is CC(C)=C1C(=N)CC(c2ccc(F)cc2-c2nccnc2Cl)CC1=O. The topological polar surface area (TPSA) is 66.7 Å². The Morgan fingerprint density at radius 2 is 1.96 bits per heavy atom. The minimum absolute atomic E-state index is 0.0539. The average Bonchev–Trinajstić information content (AvgIpc) is 2.54. The van der Waals surface area contributed by atoms with Crippen LogP contribution in [0.4, 0.5) is 4.39 Å². The number of nitrogens with zero attached hydrogens (tertiary/aromatic N) is 2. The van der Waals surface area contributed by atoms with Crippen LogP contribution >= 0.6 is 11.6 Å². The second-order valence-corrected chi connectivity index (χ2v) is 6.67. The van der Waals surface area contributed by atoms with Crippen LogP contribution in [0.3, 0.4) is 0 Å². The van der Waals surface area contributed by atoms with Gasteiger partial charge in [-0.1, -0.05) is 23.2 Å². The van der Waals surface area contributed by atoms with E-state index in [2.05, 4.69) is 9.97 Å². The van der Waals surface area contributed by atoms with E-state index >= 15 is 0 Å². The van der Waals surface area contributed by atoms with Gasteiger partial charge in [0.1, 0.15) is 11.5 Å². The number of ketones is 1. The molecule has 1 N–H and O–H groups in total. The summed E-state index contributed by atoms with van der Waals surface area (Å²) in [5.74, 6) is -0.679. The first-order valence-corrected chi connectivity index (χ1v) is 8.31. The van der Waals surface area contributed by atoms with E-state index < -0.39 is 5.82 Å². The Kier molecular flexibility index (Phi) is 4.77. The summed E-state index contributed by atoms with van der Waals surface area (Å²) in [5, 5.41) is 8.42. The van der Waals surface area contributed by atoms with Crippen molar-refractivity contribution >= 4 is 23.1 Å². The van der Waals surface area contributed by atoms with E-state index in [1.54, 1.807) is 6.07 Å². The third-order valence-electron chi connectivity index (χ3n) is 4.33. The summed E-state index contributed by atoms with van der Waals surface area (Å²) in [6, 6.07) is 4.36. The molecule has 6 heteroatoms. The van der Waals surface area contributed by atoms with Crippen molar-refractivity contribution < 1.29 is 9.18 Å². The van der Waals surface area contributed by atoms with Crippen LogP contribution in [0.5, 0.6) is 0 Å². The lowest BCUT2D eigenvalue weighted by Crippen LogP contribution is -2.25. The highest BCUT2D eigenvalue weighted by Gasteiger charge is 2.31. The Morgan fingerprint density at radius 1 is 1.24 bits per heavy atom. The van der Waals surface area contributed by atoms with Gasteiger partial charge < -0.3 is 5.41 Å². The molecule has 0 radical (unpaired) electrons. The Balaban J connectivity index is 2.08. The van der Waals surface area contributed by atoms with Crippen LogP contribution in [0.25, 0.3) is 11.3 Å². The normalized spacial score (nSPS) is 17.8. The first-order chi connectivity index (χ1) is 11.9. The minimum atomic E-state index is -0.414. The number of allylic oxidation sites excluding steroid dienone is 2. The first kappa shape index (κ1) is 17.4. The van der Waals surface area contributed by atoms with Crippen LogP contribution in [-0.4, -0.2) is 21.5 Å². The Labute approximate surface area is 150 Å². The third-order valence-corrected chi connectivity index (χ3v) is 4.60. The molecule has 1 heterocycles. The molecule has 1 aromatic heterocycles. The van der Waals surface area contributed by atoms with Gasteiger partial charge in [0.2, 0.25) is 0 Å². The zero-order valence-electron chi connectivity index (χ0n) is 13.9. The van der Waals surface area contributed by atoms with Gasteiger partial charge in [-0.2, -0.15) is 0 Å². The summed E-state index contributed by atoms with van der Waals surface area (Å²) >= 11 is 6.13. The maximum atomic E-state index is 13.8. The average molecular weight is 358 g/mol. The molecule has 1 unspecified atom stereocenters. The summed E-state index contributed by atoms with van der Waals surface area (Å²) in [4.78, 5) is 20.7. The van der Waals surface area contributed by atoms with Gasteiger partial charge in [-0.3, -0.25) is 9.78 Å². The predicted molar refractivity (Wildman–Crippen MR) is 95.5 cm³/mol. The van der Waals surface area contributed by atoms with Crippen LogP contribution < -0.4 is 0 Å². The smallest absolute Gasteiger partial charge is 0.165 e. The molecule has 128 valence electrons. The van der Waals surface area contributed by atoms with Crippen molar-refractivity contribution in [2.45, 2.75) is 32.6 Å². The molecule has 2 aromatic rings. The molecule has 25 heavy (non-hydrogen) atoms. The van der Waals surface area contributed by atoms with E-state index in [-0.39, 0.29) is 23.3 Å². The summed E-state index contributed by atoms with van der Waals surface area (Å²) < 4.78 is 13.8. The zero-order valence-corrected chi connectivity index (χ0v) is 14.7. The molecule has 1 aromatic carbocycles. The Morgan fingerprint density at radius 3 is 2.60 bits per heavy atom. The zero-order chi connectivity index (χ0) is 18.1. The molecule has 1 aliphatic carbocycles. The summed E-state index contributed by atoms with van der Waals surface area (Å²) in [6.07, 6.45) is 3.65. The fourth-order valence-corrected chi connectivity index (χ4v) is 3.51. The van der Waals surface area contributed by atoms with Gasteiger partial charge >= 0.3 is 0 Å². The Bertz CT molecular complexity index is 883. The van der Waals surface area contributed by atoms with E-state index in [0.29, 0.717) is 29.0 Å². The van der Waals surface area contributed by atoms with Gasteiger partial charge in [-0.25, -0.2) is 9.37 Å². The van der Waals surface area contributed by atoms with Crippen molar-refractivity contribution in [1.82, 2.24) is 9.97 Å². The number of nitrogens with one attached hydrogen (secondary N) is 1. The Hall–Kier alpha value is -2.40. The fraction of sp³-hybridized carbons (Fsp3) is 0.263. The maximum Gasteiger partial charge on any atom is 0.165 e. The van der Waals surface area contributed by atoms with Crippen LogP contribution in [0, 0.1) is 11.2 Å². The number of carbonyl (C=O) groups is 1. The lowest BCUT2D eigenvalue weighted by molar-refractivity contribution is -0.115. The number of carbonyl (C=O) groups excluding carboxylic acids is 1. The van der Waals surface area contributed by atoms with Gasteiger partial charge in [-0.15, -0.1) is 0 Å². The number of halogens is 2. The van der Waals surface area contributed by atoms with E-state index in [0.717, 1.165) is 11.1 Å². The van der Waals surface area contributed by atoms with E-state index in [9.17, 15) is 9.18 Å². The summed E-state index contributed by atoms with van der Waals surface area (Å²) in [6.45, 7) is 3.68. The van der Waals surface area contributed by atoms with E-state index in [4.69, 9.17) is 17.0 Å². The molecule has 3 rings (SSSR count). The highest BCUT2D eigenvalue weighted by molar-refractivity contribution is 6.31. The van der Waals surface area contributed by atoms with Gasteiger partial charge in [-0.05, 0) is 43.9 Å². The molecule has 1 fully saturated rings. The van der Waals surface area contributed by atoms with Gasteiger partial charge in [0.15, 0.2) is 10.9 Å². The molecule has 0 saturated heterocycles. The van der Waals surface area contributed by atoms with Crippen molar-refractivity contribution in [2.75, 3.05) is 0 Å². The van der Waals surface area contributed by atoms with Crippen LogP contribution in [-0.2, 0) is 4.79 Å². The van der Waals surface area contributed by atoms with Crippen LogP contribution in [0.2, 0.25) is 5.15 Å².